The van der Waals surface area contributed by atoms with Crippen LogP contribution in [0.4, 0.5) is 0 Å². The lowest BCUT2D eigenvalue weighted by atomic mass is 9.58. The number of terminal acetylenes is 1. The summed E-state index contributed by atoms with van der Waals surface area (Å²) in [5, 5.41) is 22.6. The molecule has 0 heterocycles. The van der Waals surface area contributed by atoms with Crippen LogP contribution < -0.4 is 9.47 Å². The second kappa shape index (κ2) is 10.5. The van der Waals surface area contributed by atoms with Gasteiger partial charge in [0.1, 0.15) is 18.2 Å². The number of aliphatic hydroxyl groups excluding tert-OH is 2. The first-order valence-electron chi connectivity index (χ1n) is 12.2. The maximum absolute atomic E-state index is 13.5. The van der Waals surface area contributed by atoms with Gasteiger partial charge in [-0.05, 0) is 48.3 Å². The number of ketones is 2. The topological polar surface area (TPSA) is 93.1 Å². The molecular weight excluding hydrogens is 468 g/mol. The first-order valence-corrected chi connectivity index (χ1v) is 12.6. The van der Waals surface area contributed by atoms with E-state index in [4.69, 9.17) is 27.5 Å². The van der Waals surface area contributed by atoms with Crippen LogP contribution in [-0.4, -0.2) is 47.2 Å². The molecule has 0 radical (unpaired) electrons. The van der Waals surface area contributed by atoms with Crippen LogP contribution in [0.15, 0.2) is 12.1 Å². The Balaban J connectivity index is 2.16. The van der Waals surface area contributed by atoms with E-state index in [2.05, 4.69) is 5.92 Å². The average Bonchev–Trinajstić information content (AvgIpc) is 2.69. The zero-order valence-electron chi connectivity index (χ0n) is 21.3. The molecule has 2 N–H and O–H groups in total. The Hall–Kier alpha value is -2.07. The highest BCUT2D eigenvalue weighted by Crippen LogP contribution is 2.51. The summed E-state index contributed by atoms with van der Waals surface area (Å²) in [5.74, 6) is 0.318. The van der Waals surface area contributed by atoms with Crippen LogP contribution in [0.25, 0.3) is 0 Å². The molecule has 2 fully saturated rings. The van der Waals surface area contributed by atoms with Gasteiger partial charge in [0.05, 0.1) is 35.7 Å². The molecule has 6 nitrogen and oxygen atoms in total. The van der Waals surface area contributed by atoms with Crippen LogP contribution in [0, 0.1) is 35.0 Å². The normalized spacial score (nSPS) is 28.0. The van der Waals surface area contributed by atoms with Crippen molar-refractivity contribution < 1.29 is 29.3 Å². The smallest absolute Gasteiger partial charge is 0.181 e. The Morgan fingerprint density at radius 2 is 1.54 bits per heavy atom. The Kier molecular flexibility index (Phi) is 8.26. The van der Waals surface area contributed by atoms with Gasteiger partial charge in [-0.15, -0.1) is 6.42 Å². The molecule has 4 atom stereocenters. The van der Waals surface area contributed by atoms with Crippen molar-refractivity contribution in [2.24, 2.45) is 22.7 Å². The van der Waals surface area contributed by atoms with Crippen LogP contribution >= 0.6 is 11.6 Å². The number of hydrogen-bond acceptors (Lipinski definition) is 6. The fourth-order valence-corrected chi connectivity index (χ4v) is 6.23. The fourth-order valence-electron chi connectivity index (χ4n) is 5.95. The monoisotopic (exact) mass is 504 g/mol. The third-order valence-corrected chi connectivity index (χ3v) is 7.47. The molecule has 7 heteroatoms. The summed E-state index contributed by atoms with van der Waals surface area (Å²) in [7, 11) is 0. The largest absolute Gasteiger partial charge is 0.490 e. The van der Waals surface area contributed by atoms with Gasteiger partial charge in [0.2, 0.25) is 0 Å². The van der Waals surface area contributed by atoms with Gasteiger partial charge in [-0.2, -0.15) is 0 Å². The highest BCUT2D eigenvalue weighted by Gasteiger charge is 2.52. The van der Waals surface area contributed by atoms with Crippen molar-refractivity contribution in [3.05, 3.63) is 22.7 Å². The number of benzene rings is 1. The van der Waals surface area contributed by atoms with E-state index in [1.165, 1.54) is 0 Å². The van der Waals surface area contributed by atoms with Crippen LogP contribution in [0.5, 0.6) is 11.5 Å². The number of Topliss-reactive ketones (excluding diaryl/α,β-unsaturated/α-hetero) is 2. The van der Waals surface area contributed by atoms with E-state index in [9.17, 15) is 19.8 Å². The minimum absolute atomic E-state index is 0.00755. The van der Waals surface area contributed by atoms with Crippen LogP contribution in [0.3, 0.4) is 0 Å². The predicted molar refractivity (Wildman–Crippen MR) is 135 cm³/mol. The standard InChI is InChI=1S/C28H37ClO6/c1-7-9-35-26-17(29)10-16(11-22(26)34-8-2)23(24-18(30)12-27(3,4)13-19(24)31)25-20(32)14-28(5,6)15-21(25)33/h1,10-11,18,20,23-25,30,32H,8-9,12-15H2,2-6H3/t18-,20-,24-,25-/m0/s1. The Bertz CT molecular complexity index is 965. The van der Waals surface area contributed by atoms with Crippen LogP contribution in [0.1, 0.15) is 71.8 Å². The van der Waals surface area contributed by atoms with E-state index in [-0.39, 0.29) is 52.6 Å². The molecule has 2 saturated carbocycles. The molecule has 0 aromatic heterocycles. The third kappa shape index (κ3) is 6.02. The Morgan fingerprint density at radius 1 is 1.03 bits per heavy atom. The van der Waals surface area contributed by atoms with Crippen LogP contribution in [0.2, 0.25) is 5.02 Å². The number of halogens is 1. The van der Waals surface area contributed by atoms with Crippen molar-refractivity contribution in [2.75, 3.05) is 13.2 Å². The highest BCUT2D eigenvalue weighted by atomic mass is 35.5. The van der Waals surface area contributed by atoms with Crippen LogP contribution in [-0.2, 0) is 9.59 Å². The molecule has 0 amide bonds. The maximum Gasteiger partial charge on any atom is 0.181 e. The summed E-state index contributed by atoms with van der Waals surface area (Å²) in [5.41, 5.74) is -0.147. The van der Waals surface area contributed by atoms with E-state index in [1.807, 2.05) is 34.6 Å². The summed E-state index contributed by atoms with van der Waals surface area (Å²) >= 11 is 6.60. The van der Waals surface area contributed by atoms with Crippen molar-refractivity contribution in [1.82, 2.24) is 0 Å². The zero-order chi connectivity index (χ0) is 26.1. The van der Waals surface area contributed by atoms with Gasteiger partial charge in [0.15, 0.2) is 11.5 Å². The second-order valence-electron chi connectivity index (χ2n) is 11.5. The van der Waals surface area contributed by atoms with E-state index >= 15 is 0 Å². The number of hydrogen-bond donors (Lipinski definition) is 2. The lowest BCUT2D eigenvalue weighted by Crippen LogP contribution is -2.51. The van der Waals surface area contributed by atoms with E-state index in [0.717, 1.165) is 0 Å². The number of rotatable bonds is 7. The molecule has 35 heavy (non-hydrogen) atoms. The third-order valence-electron chi connectivity index (χ3n) is 7.19. The van der Waals surface area contributed by atoms with E-state index in [0.29, 0.717) is 30.8 Å². The van der Waals surface area contributed by atoms with Gasteiger partial charge in [-0.3, -0.25) is 9.59 Å². The van der Waals surface area contributed by atoms with E-state index in [1.54, 1.807) is 12.1 Å². The quantitative estimate of drug-likeness (QED) is 0.528. The summed E-state index contributed by atoms with van der Waals surface area (Å²) in [4.78, 5) is 26.9. The average molecular weight is 505 g/mol. The molecule has 192 valence electrons. The van der Waals surface area contributed by atoms with Crippen molar-refractivity contribution in [3.8, 4) is 23.8 Å². The summed E-state index contributed by atoms with van der Waals surface area (Å²) in [6.07, 6.45) is 4.81. The van der Waals surface area contributed by atoms with E-state index < -0.39 is 30.0 Å². The molecule has 0 unspecified atom stereocenters. The van der Waals surface area contributed by atoms with Gasteiger partial charge in [-0.25, -0.2) is 0 Å². The Morgan fingerprint density at radius 3 is 1.97 bits per heavy atom. The maximum atomic E-state index is 13.5. The fraction of sp³-hybridized carbons (Fsp3) is 0.643. The van der Waals surface area contributed by atoms with Gasteiger partial charge in [0.25, 0.3) is 0 Å². The molecule has 1 aromatic rings. The lowest BCUT2D eigenvalue weighted by molar-refractivity contribution is -0.144. The zero-order valence-corrected chi connectivity index (χ0v) is 22.0. The molecule has 0 saturated heterocycles. The van der Waals surface area contributed by atoms with Crippen molar-refractivity contribution >= 4 is 23.2 Å². The van der Waals surface area contributed by atoms with Crippen molar-refractivity contribution in [3.63, 3.8) is 0 Å². The summed E-state index contributed by atoms with van der Waals surface area (Å²) in [6.45, 7) is 9.93. The van der Waals surface area contributed by atoms with Gasteiger partial charge >= 0.3 is 0 Å². The minimum Gasteiger partial charge on any atom is -0.490 e. The second-order valence-corrected chi connectivity index (χ2v) is 11.9. The molecule has 1 aromatic carbocycles. The van der Waals surface area contributed by atoms with Crippen molar-refractivity contribution in [1.29, 1.82) is 0 Å². The number of carbonyl (C=O) groups is 2. The SMILES string of the molecule is C#CCOc1c(Cl)cc(C([C@@H]2C(=O)CC(C)(C)C[C@@H]2O)[C@@H]2C(=O)CC(C)(C)C[C@@H]2O)cc1OCC. The molecule has 0 bridgehead atoms. The molecule has 3 rings (SSSR count). The number of ether oxygens (including phenoxy) is 2. The molecular formula is C28H37ClO6. The molecule has 2 aliphatic carbocycles. The first-order chi connectivity index (χ1) is 16.3. The predicted octanol–water partition coefficient (Wildman–Crippen LogP) is 4.57. The first kappa shape index (κ1) is 27.5. The summed E-state index contributed by atoms with van der Waals surface area (Å²) < 4.78 is 11.4. The highest BCUT2D eigenvalue weighted by molar-refractivity contribution is 6.32. The minimum atomic E-state index is -0.960. The molecule has 0 aliphatic heterocycles. The van der Waals surface area contributed by atoms with Crippen molar-refractivity contribution in [2.45, 2.75) is 78.4 Å². The lowest BCUT2D eigenvalue weighted by Gasteiger charge is -2.46. The number of carbonyl (C=O) groups excluding carboxylic acids is 2. The molecule has 0 spiro atoms. The van der Waals surface area contributed by atoms with Gasteiger partial charge in [0, 0.05) is 18.8 Å². The van der Waals surface area contributed by atoms with Gasteiger partial charge in [-0.1, -0.05) is 45.2 Å². The number of aliphatic hydroxyl groups is 2. The molecule has 2 aliphatic rings. The Labute approximate surface area is 213 Å². The summed E-state index contributed by atoms with van der Waals surface area (Å²) in [6, 6.07) is 3.34. The van der Waals surface area contributed by atoms with Gasteiger partial charge < -0.3 is 19.7 Å².